The molecule has 1 atom stereocenters. The van der Waals surface area contributed by atoms with E-state index in [0.29, 0.717) is 24.7 Å². The van der Waals surface area contributed by atoms with Crippen LogP contribution in [0.4, 0.5) is 19.0 Å². The molecule has 3 rings (SSSR count). The van der Waals surface area contributed by atoms with E-state index >= 15 is 0 Å². The van der Waals surface area contributed by atoms with Crippen LogP contribution in [0.25, 0.3) is 0 Å². The fourth-order valence-electron chi connectivity index (χ4n) is 3.12. The van der Waals surface area contributed by atoms with Gasteiger partial charge in [0.1, 0.15) is 11.5 Å². The van der Waals surface area contributed by atoms with Crippen molar-refractivity contribution in [3.05, 3.63) is 36.1 Å². The molecule has 170 valence electrons. The topological polar surface area (TPSA) is 105 Å². The molecule has 0 radical (unpaired) electrons. The molecule has 0 saturated carbocycles. The summed E-state index contributed by atoms with van der Waals surface area (Å²) in [5.74, 6) is 0.0524. The van der Waals surface area contributed by atoms with E-state index in [4.69, 9.17) is 4.52 Å². The second kappa shape index (κ2) is 8.85. The predicted molar refractivity (Wildman–Crippen MR) is 103 cm³/mol. The van der Waals surface area contributed by atoms with Crippen molar-refractivity contribution in [2.45, 2.75) is 31.1 Å². The van der Waals surface area contributed by atoms with Gasteiger partial charge in [-0.2, -0.15) is 4.31 Å². The van der Waals surface area contributed by atoms with Gasteiger partial charge in [-0.05, 0) is 38.1 Å². The fraction of sp³-hybridized carbons (Fsp3) is 0.444. The van der Waals surface area contributed by atoms with Crippen molar-refractivity contribution < 1.29 is 35.6 Å². The summed E-state index contributed by atoms with van der Waals surface area (Å²) in [5, 5.41) is 6.34. The molecule has 1 unspecified atom stereocenters. The molecule has 1 aliphatic heterocycles. The molecule has 1 saturated heterocycles. The van der Waals surface area contributed by atoms with Gasteiger partial charge >= 0.3 is 6.36 Å². The van der Waals surface area contributed by atoms with Gasteiger partial charge in [-0.3, -0.25) is 9.69 Å². The average molecular weight is 462 g/mol. The molecule has 1 aliphatic rings. The lowest BCUT2D eigenvalue weighted by atomic mass is 10.2. The largest absolute Gasteiger partial charge is 0.573 e. The molecular formula is C18H21F3N4O5S. The molecule has 1 aromatic carbocycles. The van der Waals surface area contributed by atoms with Gasteiger partial charge in [0.25, 0.3) is 0 Å². The molecule has 0 bridgehead atoms. The number of benzene rings is 1. The first kappa shape index (κ1) is 23.0. The molecule has 2 heterocycles. The molecule has 2 aromatic rings. The van der Waals surface area contributed by atoms with Gasteiger partial charge in [0.15, 0.2) is 5.82 Å². The molecule has 13 heteroatoms. The molecule has 1 fully saturated rings. The lowest BCUT2D eigenvalue weighted by molar-refractivity contribution is -0.274. The number of alkyl halides is 3. The van der Waals surface area contributed by atoms with Gasteiger partial charge in [-0.1, -0.05) is 5.16 Å². The summed E-state index contributed by atoms with van der Waals surface area (Å²) in [4.78, 5) is 14.1. The summed E-state index contributed by atoms with van der Waals surface area (Å²) in [7, 11) is -3.89. The zero-order chi connectivity index (χ0) is 22.8. The summed E-state index contributed by atoms with van der Waals surface area (Å²) >= 11 is 0. The van der Waals surface area contributed by atoms with Crippen molar-refractivity contribution in [1.82, 2.24) is 14.4 Å². The maximum absolute atomic E-state index is 12.8. The van der Waals surface area contributed by atoms with Gasteiger partial charge < -0.3 is 14.6 Å². The number of rotatable bonds is 6. The van der Waals surface area contributed by atoms with Gasteiger partial charge in [-0.15, -0.1) is 13.2 Å². The van der Waals surface area contributed by atoms with Crippen LogP contribution in [0.2, 0.25) is 0 Å². The number of amides is 1. The fourth-order valence-corrected chi connectivity index (χ4v) is 4.54. The van der Waals surface area contributed by atoms with E-state index in [1.54, 1.807) is 19.9 Å². The Hall–Kier alpha value is -2.64. The van der Waals surface area contributed by atoms with Crippen molar-refractivity contribution >= 4 is 21.7 Å². The van der Waals surface area contributed by atoms with Crippen molar-refractivity contribution in [1.29, 1.82) is 0 Å². The highest BCUT2D eigenvalue weighted by Gasteiger charge is 2.33. The number of nitrogens with one attached hydrogen (secondary N) is 1. The minimum Gasteiger partial charge on any atom is -0.406 e. The van der Waals surface area contributed by atoms with Crippen molar-refractivity contribution in [2.24, 2.45) is 0 Å². The van der Waals surface area contributed by atoms with Crippen LogP contribution >= 0.6 is 0 Å². The number of nitrogens with zero attached hydrogens (tertiary/aromatic N) is 3. The van der Waals surface area contributed by atoms with E-state index in [9.17, 15) is 26.4 Å². The molecule has 9 nitrogen and oxygen atoms in total. The maximum atomic E-state index is 12.8. The molecule has 1 amide bonds. The Morgan fingerprint density at radius 3 is 2.32 bits per heavy atom. The van der Waals surface area contributed by atoms with E-state index in [2.05, 4.69) is 15.2 Å². The second-order valence-corrected chi connectivity index (χ2v) is 8.89. The maximum Gasteiger partial charge on any atom is 0.573 e. The zero-order valence-corrected chi connectivity index (χ0v) is 17.5. The van der Waals surface area contributed by atoms with Crippen LogP contribution in [0.1, 0.15) is 12.7 Å². The number of ether oxygens (including phenoxy) is 1. The molecule has 1 N–H and O–H groups in total. The first-order valence-electron chi connectivity index (χ1n) is 9.30. The Labute approximate surface area is 176 Å². The van der Waals surface area contributed by atoms with E-state index in [1.807, 2.05) is 4.90 Å². The summed E-state index contributed by atoms with van der Waals surface area (Å²) in [6.07, 6.45) is -4.85. The molecular weight excluding hydrogens is 441 g/mol. The number of carbonyl (C=O) groups is 1. The number of hydrogen-bond acceptors (Lipinski definition) is 7. The van der Waals surface area contributed by atoms with Crippen LogP contribution in [0.5, 0.6) is 5.75 Å². The normalized spacial score (nSPS) is 17.3. The third kappa shape index (κ3) is 5.74. The molecule has 31 heavy (non-hydrogen) atoms. The third-order valence-corrected chi connectivity index (χ3v) is 6.69. The van der Waals surface area contributed by atoms with E-state index < -0.39 is 28.2 Å². The van der Waals surface area contributed by atoms with Crippen LogP contribution in [0, 0.1) is 6.92 Å². The zero-order valence-electron chi connectivity index (χ0n) is 16.7. The summed E-state index contributed by atoms with van der Waals surface area (Å²) < 4.78 is 72.2. The quantitative estimate of drug-likeness (QED) is 0.702. The summed E-state index contributed by atoms with van der Waals surface area (Å²) in [6, 6.07) is 5.10. The molecule has 0 aliphatic carbocycles. The Kier molecular flexibility index (Phi) is 6.57. The Morgan fingerprint density at radius 2 is 1.81 bits per heavy atom. The number of halogens is 3. The van der Waals surface area contributed by atoms with Crippen molar-refractivity contribution in [2.75, 3.05) is 31.5 Å². The summed E-state index contributed by atoms with van der Waals surface area (Å²) in [5.41, 5.74) is 0. The number of anilines is 1. The highest BCUT2D eigenvalue weighted by Crippen LogP contribution is 2.25. The van der Waals surface area contributed by atoms with Gasteiger partial charge in [0.05, 0.1) is 10.9 Å². The van der Waals surface area contributed by atoms with Crippen molar-refractivity contribution in [3.8, 4) is 5.75 Å². The standard InChI is InChI=1S/C18H21F3N4O5S/c1-12-11-16(23-30-12)22-17(26)13(2)24-7-9-25(10-8-24)31(27,28)15-5-3-14(4-6-15)29-18(19,20)21/h3-6,11,13H,7-10H2,1-2H3,(H,22,23,26). The van der Waals surface area contributed by atoms with Crippen LogP contribution in [-0.2, 0) is 14.8 Å². The molecule has 1 aromatic heterocycles. The van der Waals surface area contributed by atoms with E-state index in [1.165, 1.54) is 4.31 Å². The number of aromatic nitrogens is 1. The van der Waals surface area contributed by atoms with Crippen molar-refractivity contribution in [3.63, 3.8) is 0 Å². The smallest absolute Gasteiger partial charge is 0.406 e. The first-order valence-corrected chi connectivity index (χ1v) is 10.7. The van der Waals surface area contributed by atoms with Crippen LogP contribution < -0.4 is 10.1 Å². The summed E-state index contributed by atoms with van der Waals surface area (Å²) in [6.45, 7) is 4.27. The number of aryl methyl sites for hydroxylation is 1. The van der Waals surface area contributed by atoms with Gasteiger partial charge in [0, 0.05) is 32.2 Å². The highest BCUT2D eigenvalue weighted by atomic mass is 32.2. The van der Waals surface area contributed by atoms with E-state index in [0.717, 1.165) is 24.3 Å². The monoisotopic (exact) mass is 462 g/mol. The second-order valence-electron chi connectivity index (χ2n) is 6.95. The van der Waals surface area contributed by atoms with Gasteiger partial charge in [-0.25, -0.2) is 8.42 Å². The van der Waals surface area contributed by atoms with Gasteiger partial charge in [0.2, 0.25) is 15.9 Å². The Bertz CT molecular complexity index is 1020. The lowest BCUT2D eigenvalue weighted by Gasteiger charge is -2.36. The first-order chi connectivity index (χ1) is 14.5. The number of sulfonamides is 1. The minimum atomic E-state index is -4.85. The highest BCUT2D eigenvalue weighted by molar-refractivity contribution is 7.89. The Morgan fingerprint density at radius 1 is 1.19 bits per heavy atom. The molecule has 0 spiro atoms. The number of carbonyl (C=O) groups excluding carboxylic acids is 1. The predicted octanol–water partition coefficient (Wildman–Crippen LogP) is 2.22. The van der Waals surface area contributed by atoms with Crippen LogP contribution in [0.15, 0.2) is 39.8 Å². The SMILES string of the molecule is Cc1cc(NC(=O)C(C)N2CCN(S(=O)(=O)c3ccc(OC(F)(F)F)cc3)CC2)no1. The third-order valence-electron chi connectivity index (χ3n) is 4.77. The Balaban J connectivity index is 1.58. The van der Waals surface area contributed by atoms with E-state index in [-0.39, 0.29) is 23.9 Å². The number of piperazine rings is 1. The van der Waals surface area contributed by atoms with Crippen LogP contribution in [0.3, 0.4) is 0 Å². The average Bonchev–Trinajstić information content (AvgIpc) is 3.11. The number of hydrogen-bond donors (Lipinski definition) is 1. The minimum absolute atomic E-state index is 0.129. The van der Waals surface area contributed by atoms with Crippen LogP contribution in [-0.4, -0.2) is 67.3 Å². The lowest BCUT2D eigenvalue weighted by Crippen LogP contribution is -2.53.